The lowest BCUT2D eigenvalue weighted by Gasteiger charge is -2.29. The van der Waals surface area contributed by atoms with Crippen molar-refractivity contribution in [1.29, 1.82) is 0 Å². The minimum absolute atomic E-state index is 0.146. The molecule has 0 saturated heterocycles. The van der Waals surface area contributed by atoms with Gasteiger partial charge in [0.1, 0.15) is 5.75 Å². The van der Waals surface area contributed by atoms with Crippen molar-refractivity contribution >= 4 is 0 Å². The molecule has 1 aliphatic rings. The number of rotatable bonds is 4. The van der Waals surface area contributed by atoms with E-state index in [2.05, 4.69) is 17.4 Å². The van der Waals surface area contributed by atoms with E-state index in [1.54, 1.807) is 7.11 Å². The van der Waals surface area contributed by atoms with Crippen LogP contribution in [0.1, 0.15) is 36.9 Å². The molecule has 0 amide bonds. The van der Waals surface area contributed by atoms with Gasteiger partial charge < -0.3 is 15.2 Å². The Kier molecular flexibility index (Phi) is 4.02. The highest BCUT2D eigenvalue weighted by molar-refractivity contribution is 5.39. The molecule has 2 N–H and O–H groups in total. The van der Waals surface area contributed by atoms with Crippen LogP contribution in [0.2, 0.25) is 0 Å². The SMILES string of the molecule is COc1ccc2c(c1)CCCC2NC(C)CO. The normalized spacial score (nSPS) is 20.8. The second-order valence-corrected chi connectivity index (χ2v) is 4.76. The van der Waals surface area contributed by atoms with Gasteiger partial charge in [0.05, 0.1) is 13.7 Å². The number of nitrogens with one attached hydrogen (secondary N) is 1. The van der Waals surface area contributed by atoms with Crippen molar-refractivity contribution in [3.05, 3.63) is 29.3 Å². The summed E-state index contributed by atoms with van der Waals surface area (Å²) in [4.78, 5) is 0. The summed E-state index contributed by atoms with van der Waals surface area (Å²) < 4.78 is 5.26. The van der Waals surface area contributed by atoms with Crippen molar-refractivity contribution in [1.82, 2.24) is 5.32 Å². The van der Waals surface area contributed by atoms with E-state index in [1.807, 2.05) is 13.0 Å². The van der Waals surface area contributed by atoms with Gasteiger partial charge in [0, 0.05) is 12.1 Å². The summed E-state index contributed by atoms with van der Waals surface area (Å²) in [6, 6.07) is 6.81. The largest absolute Gasteiger partial charge is 0.497 e. The van der Waals surface area contributed by atoms with Gasteiger partial charge in [-0.2, -0.15) is 0 Å². The first-order chi connectivity index (χ1) is 8.24. The van der Waals surface area contributed by atoms with E-state index in [-0.39, 0.29) is 12.6 Å². The molecule has 0 spiro atoms. The lowest BCUT2D eigenvalue weighted by atomic mass is 9.87. The number of benzene rings is 1. The van der Waals surface area contributed by atoms with Gasteiger partial charge in [0.2, 0.25) is 0 Å². The maximum absolute atomic E-state index is 9.11. The van der Waals surface area contributed by atoms with Crippen molar-refractivity contribution in [2.75, 3.05) is 13.7 Å². The molecule has 0 fully saturated rings. The van der Waals surface area contributed by atoms with Crippen molar-refractivity contribution in [2.24, 2.45) is 0 Å². The van der Waals surface area contributed by atoms with Gasteiger partial charge in [-0.05, 0) is 49.4 Å². The first kappa shape index (κ1) is 12.4. The number of aryl methyl sites for hydroxylation is 1. The fourth-order valence-electron chi connectivity index (χ4n) is 2.49. The third-order valence-electron chi connectivity index (χ3n) is 3.42. The van der Waals surface area contributed by atoms with Crippen LogP contribution in [0.5, 0.6) is 5.75 Å². The van der Waals surface area contributed by atoms with E-state index < -0.39 is 0 Å². The smallest absolute Gasteiger partial charge is 0.119 e. The Bertz CT molecular complexity index is 378. The molecule has 94 valence electrons. The molecule has 3 heteroatoms. The maximum atomic E-state index is 9.11. The molecule has 0 saturated carbocycles. The van der Waals surface area contributed by atoms with Crippen LogP contribution < -0.4 is 10.1 Å². The molecule has 17 heavy (non-hydrogen) atoms. The van der Waals surface area contributed by atoms with Crippen LogP contribution in [0.25, 0.3) is 0 Å². The summed E-state index contributed by atoms with van der Waals surface area (Å²) >= 11 is 0. The molecule has 0 aliphatic heterocycles. The first-order valence-electron chi connectivity index (χ1n) is 6.28. The highest BCUT2D eigenvalue weighted by Gasteiger charge is 2.21. The molecular formula is C14H21NO2. The zero-order valence-electron chi connectivity index (χ0n) is 10.6. The molecule has 2 rings (SSSR count). The Morgan fingerprint density at radius 2 is 2.35 bits per heavy atom. The number of aliphatic hydroxyl groups excluding tert-OH is 1. The highest BCUT2D eigenvalue weighted by atomic mass is 16.5. The summed E-state index contributed by atoms with van der Waals surface area (Å²) in [5.74, 6) is 0.930. The van der Waals surface area contributed by atoms with Crippen LogP contribution in [-0.4, -0.2) is 24.9 Å². The van der Waals surface area contributed by atoms with Crippen LogP contribution in [0, 0.1) is 0 Å². The molecule has 0 radical (unpaired) electrons. The van der Waals surface area contributed by atoms with E-state index in [0.717, 1.165) is 18.6 Å². The fraction of sp³-hybridized carbons (Fsp3) is 0.571. The van der Waals surface area contributed by atoms with E-state index >= 15 is 0 Å². The Morgan fingerprint density at radius 3 is 3.06 bits per heavy atom. The zero-order valence-corrected chi connectivity index (χ0v) is 10.6. The highest BCUT2D eigenvalue weighted by Crippen LogP contribution is 2.32. The van der Waals surface area contributed by atoms with E-state index in [0.29, 0.717) is 6.04 Å². The second kappa shape index (κ2) is 5.52. The minimum Gasteiger partial charge on any atom is -0.497 e. The topological polar surface area (TPSA) is 41.5 Å². The van der Waals surface area contributed by atoms with Crippen LogP contribution in [0.3, 0.4) is 0 Å². The Hall–Kier alpha value is -1.06. The summed E-state index contributed by atoms with van der Waals surface area (Å²) in [7, 11) is 1.70. The summed E-state index contributed by atoms with van der Waals surface area (Å²) in [5.41, 5.74) is 2.73. The van der Waals surface area contributed by atoms with Gasteiger partial charge in [-0.1, -0.05) is 6.07 Å². The van der Waals surface area contributed by atoms with Crippen LogP contribution in [0.4, 0.5) is 0 Å². The number of ether oxygens (including phenoxy) is 1. The number of aliphatic hydroxyl groups is 1. The van der Waals surface area contributed by atoms with Crippen LogP contribution in [-0.2, 0) is 6.42 Å². The van der Waals surface area contributed by atoms with Gasteiger partial charge in [-0.25, -0.2) is 0 Å². The summed E-state index contributed by atoms with van der Waals surface area (Å²) in [6.45, 7) is 2.19. The number of hydrogen-bond acceptors (Lipinski definition) is 3. The third kappa shape index (κ3) is 2.79. The standard InChI is InChI=1S/C14H21NO2/c1-10(9-16)15-14-5-3-4-11-8-12(17-2)6-7-13(11)14/h6-8,10,14-16H,3-5,9H2,1-2H3. The van der Waals surface area contributed by atoms with E-state index in [4.69, 9.17) is 9.84 Å². The number of hydrogen-bond donors (Lipinski definition) is 2. The average molecular weight is 235 g/mol. The molecule has 1 aromatic carbocycles. The number of fused-ring (bicyclic) bond motifs is 1. The maximum Gasteiger partial charge on any atom is 0.119 e. The van der Waals surface area contributed by atoms with Gasteiger partial charge in [-0.3, -0.25) is 0 Å². The second-order valence-electron chi connectivity index (χ2n) is 4.76. The van der Waals surface area contributed by atoms with E-state index in [1.165, 1.54) is 17.5 Å². The molecule has 0 aromatic heterocycles. The molecule has 0 heterocycles. The quantitative estimate of drug-likeness (QED) is 0.839. The lowest BCUT2D eigenvalue weighted by molar-refractivity contribution is 0.236. The van der Waals surface area contributed by atoms with Crippen molar-refractivity contribution < 1.29 is 9.84 Å². The minimum atomic E-state index is 0.146. The Balaban J connectivity index is 2.19. The monoisotopic (exact) mass is 235 g/mol. The van der Waals surface area contributed by atoms with Gasteiger partial charge in [0.25, 0.3) is 0 Å². The predicted molar refractivity (Wildman–Crippen MR) is 68.4 cm³/mol. The van der Waals surface area contributed by atoms with Crippen molar-refractivity contribution in [2.45, 2.75) is 38.3 Å². The third-order valence-corrected chi connectivity index (χ3v) is 3.42. The van der Waals surface area contributed by atoms with E-state index in [9.17, 15) is 0 Å². The molecule has 0 bridgehead atoms. The van der Waals surface area contributed by atoms with Crippen LogP contribution in [0.15, 0.2) is 18.2 Å². The molecule has 1 aromatic rings. The van der Waals surface area contributed by atoms with Crippen molar-refractivity contribution in [3.63, 3.8) is 0 Å². The summed E-state index contributed by atoms with van der Waals surface area (Å²) in [5, 5.41) is 12.6. The summed E-state index contributed by atoms with van der Waals surface area (Å²) in [6.07, 6.45) is 3.46. The van der Waals surface area contributed by atoms with Crippen molar-refractivity contribution in [3.8, 4) is 5.75 Å². The Morgan fingerprint density at radius 1 is 1.53 bits per heavy atom. The van der Waals surface area contributed by atoms with Gasteiger partial charge in [-0.15, -0.1) is 0 Å². The molecule has 2 unspecified atom stereocenters. The predicted octanol–water partition coefficient (Wildman–Crippen LogP) is 2.04. The van der Waals surface area contributed by atoms with Gasteiger partial charge in [0.15, 0.2) is 0 Å². The van der Waals surface area contributed by atoms with Gasteiger partial charge >= 0.3 is 0 Å². The molecule has 2 atom stereocenters. The average Bonchev–Trinajstić information content (AvgIpc) is 2.38. The molecule has 3 nitrogen and oxygen atoms in total. The van der Waals surface area contributed by atoms with Crippen LogP contribution >= 0.6 is 0 Å². The zero-order chi connectivity index (χ0) is 12.3. The molecular weight excluding hydrogens is 214 g/mol. The first-order valence-corrected chi connectivity index (χ1v) is 6.28. The lowest BCUT2D eigenvalue weighted by Crippen LogP contribution is -2.34. The Labute approximate surface area is 103 Å². The molecule has 1 aliphatic carbocycles. The fourth-order valence-corrected chi connectivity index (χ4v) is 2.49. The number of methoxy groups -OCH3 is 1.